The molecule has 0 radical (unpaired) electrons. The number of hydrogen-bond donors (Lipinski definition) is 2. The number of para-hydroxylation sites is 1. The van der Waals surface area contributed by atoms with Crippen LogP contribution in [0.5, 0.6) is 0 Å². The number of rotatable bonds is 4. The lowest BCUT2D eigenvalue weighted by atomic mass is 10.1. The molecule has 0 amide bonds. The Morgan fingerprint density at radius 3 is 2.46 bits per heavy atom. The predicted octanol–water partition coefficient (Wildman–Crippen LogP) is 2.39. The second-order valence-electron chi connectivity index (χ2n) is 5.64. The van der Waals surface area contributed by atoms with Crippen molar-refractivity contribution in [3.8, 4) is 6.07 Å². The number of benzene rings is 2. The summed E-state index contributed by atoms with van der Waals surface area (Å²) in [5.41, 5.74) is 1.16. The van der Waals surface area contributed by atoms with Crippen LogP contribution in [0, 0.1) is 23.7 Å². The SMILES string of the molecule is Cc1ccc(S(=O)(=O)n2cc(C(=NN)C(=N)C#N)c3ccccc32)cc1. The minimum absolute atomic E-state index is 0.0680. The Morgan fingerprint density at radius 2 is 1.85 bits per heavy atom. The van der Waals surface area contributed by atoms with Crippen LogP contribution in [0.2, 0.25) is 0 Å². The first-order chi connectivity index (χ1) is 12.4. The molecule has 0 saturated carbocycles. The van der Waals surface area contributed by atoms with E-state index in [1.807, 2.05) is 6.92 Å². The molecule has 3 rings (SSSR count). The molecule has 2 aromatic carbocycles. The molecule has 0 aliphatic carbocycles. The maximum absolute atomic E-state index is 13.1. The summed E-state index contributed by atoms with van der Waals surface area (Å²) in [6.07, 6.45) is 1.34. The topological polar surface area (TPSA) is 125 Å². The van der Waals surface area contributed by atoms with Gasteiger partial charge in [-0.2, -0.15) is 10.4 Å². The van der Waals surface area contributed by atoms with Gasteiger partial charge in [0.25, 0.3) is 10.0 Å². The monoisotopic (exact) mass is 365 g/mol. The van der Waals surface area contributed by atoms with Gasteiger partial charge in [0.15, 0.2) is 5.71 Å². The Morgan fingerprint density at radius 1 is 1.19 bits per heavy atom. The number of aromatic nitrogens is 1. The summed E-state index contributed by atoms with van der Waals surface area (Å²) < 4.78 is 27.3. The molecule has 7 nitrogen and oxygen atoms in total. The number of aryl methyl sites for hydroxylation is 1. The molecule has 0 bridgehead atoms. The molecule has 0 atom stereocenters. The summed E-state index contributed by atoms with van der Waals surface area (Å²) in [6.45, 7) is 1.87. The van der Waals surface area contributed by atoms with E-state index in [1.54, 1.807) is 42.5 Å². The normalized spacial score (nSPS) is 12.1. The lowest BCUT2D eigenvalue weighted by Crippen LogP contribution is -2.15. The quantitative estimate of drug-likeness (QED) is 0.418. The fourth-order valence-corrected chi connectivity index (χ4v) is 4.05. The molecule has 26 heavy (non-hydrogen) atoms. The average molecular weight is 365 g/mol. The van der Waals surface area contributed by atoms with Crippen molar-refractivity contribution < 1.29 is 8.42 Å². The van der Waals surface area contributed by atoms with E-state index in [9.17, 15) is 8.42 Å². The molecule has 1 heterocycles. The first-order valence-electron chi connectivity index (χ1n) is 7.59. The third-order valence-corrected chi connectivity index (χ3v) is 5.68. The van der Waals surface area contributed by atoms with Gasteiger partial charge in [0, 0.05) is 17.1 Å². The highest BCUT2D eigenvalue weighted by atomic mass is 32.2. The first kappa shape index (κ1) is 17.4. The molecule has 1 aromatic heterocycles. The molecule has 8 heteroatoms. The molecule has 0 saturated heterocycles. The van der Waals surface area contributed by atoms with E-state index in [1.165, 1.54) is 18.3 Å². The third-order valence-electron chi connectivity index (χ3n) is 3.99. The van der Waals surface area contributed by atoms with Crippen molar-refractivity contribution in [3.63, 3.8) is 0 Å². The van der Waals surface area contributed by atoms with E-state index < -0.39 is 15.7 Å². The van der Waals surface area contributed by atoms with Crippen LogP contribution in [0.25, 0.3) is 10.9 Å². The van der Waals surface area contributed by atoms with Gasteiger partial charge in [0.05, 0.1) is 10.4 Å². The van der Waals surface area contributed by atoms with Crippen molar-refractivity contribution in [1.29, 1.82) is 10.7 Å². The van der Waals surface area contributed by atoms with Crippen molar-refractivity contribution in [2.45, 2.75) is 11.8 Å². The highest BCUT2D eigenvalue weighted by Gasteiger charge is 2.24. The third kappa shape index (κ3) is 2.74. The first-order valence-corrected chi connectivity index (χ1v) is 9.03. The van der Waals surface area contributed by atoms with Crippen LogP contribution < -0.4 is 5.84 Å². The summed E-state index contributed by atoms with van der Waals surface area (Å²) in [6, 6.07) is 15.0. The number of fused-ring (bicyclic) bond motifs is 1. The minimum Gasteiger partial charge on any atom is -0.323 e. The smallest absolute Gasteiger partial charge is 0.268 e. The second-order valence-corrected chi connectivity index (χ2v) is 7.45. The Hall–Kier alpha value is -3.44. The lowest BCUT2D eigenvalue weighted by Gasteiger charge is -2.07. The van der Waals surface area contributed by atoms with Crippen molar-refractivity contribution in [3.05, 3.63) is 65.9 Å². The van der Waals surface area contributed by atoms with Crippen LogP contribution >= 0.6 is 0 Å². The Kier molecular flexibility index (Phi) is 4.32. The molecular formula is C18H15N5O2S. The molecule has 0 aliphatic heterocycles. The molecule has 130 valence electrons. The minimum atomic E-state index is -3.87. The molecule has 0 aliphatic rings. The fraction of sp³-hybridized carbons (Fsp3) is 0.0556. The van der Waals surface area contributed by atoms with E-state index in [2.05, 4.69) is 5.10 Å². The van der Waals surface area contributed by atoms with E-state index in [0.29, 0.717) is 16.5 Å². The molecule has 0 unspecified atom stereocenters. The molecule has 0 spiro atoms. The Labute approximate surface area is 150 Å². The molecule has 3 N–H and O–H groups in total. The number of nitrogens with two attached hydrogens (primary N) is 1. The van der Waals surface area contributed by atoms with Crippen LogP contribution in [0.4, 0.5) is 0 Å². The zero-order chi connectivity index (χ0) is 18.9. The second kappa shape index (κ2) is 6.46. The van der Waals surface area contributed by atoms with Gasteiger partial charge in [0.1, 0.15) is 11.8 Å². The van der Waals surface area contributed by atoms with Gasteiger partial charge in [0.2, 0.25) is 0 Å². The van der Waals surface area contributed by atoms with Gasteiger partial charge in [-0.15, -0.1) is 0 Å². The highest BCUT2D eigenvalue weighted by molar-refractivity contribution is 7.90. The summed E-state index contributed by atoms with van der Waals surface area (Å²) in [7, 11) is -3.87. The maximum atomic E-state index is 13.1. The number of hydrazone groups is 1. The fourth-order valence-electron chi connectivity index (χ4n) is 2.68. The zero-order valence-electron chi connectivity index (χ0n) is 13.8. The van der Waals surface area contributed by atoms with Crippen LogP contribution in [0.3, 0.4) is 0 Å². The van der Waals surface area contributed by atoms with E-state index >= 15 is 0 Å². The van der Waals surface area contributed by atoms with Crippen molar-refractivity contribution in [1.82, 2.24) is 3.97 Å². The molecular weight excluding hydrogens is 350 g/mol. The summed E-state index contributed by atoms with van der Waals surface area (Å²) in [5, 5.41) is 20.8. The van der Waals surface area contributed by atoms with Crippen LogP contribution in [0.15, 0.2) is 64.7 Å². The largest absolute Gasteiger partial charge is 0.323 e. The standard InChI is InChI=1S/C18H15N5O2S/c1-12-6-8-13(9-7-12)26(24,25)23-11-15(18(22-21)16(20)10-19)14-4-2-3-5-17(14)23/h2-9,11,20H,21H2,1H3. The zero-order valence-corrected chi connectivity index (χ0v) is 14.7. The van der Waals surface area contributed by atoms with Gasteiger partial charge in [-0.25, -0.2) is 12.4 Å². The predicted molar refractivity (Wildman–Crippen MR) is 99.8 cm³/mol. The van der Waals surface area contributed by atoms with Crippen LogP contribution in [0.1, 0.15) is 11.1 Å². The summed E-state index contributed by atoms with van der Waals surface area (Å²) in [4.78, 5) is 0.136. The van der Waals surface area contributed by atoms with Crippen LogP contribution in [-0.2, 0) is 10.0 Å². The van der Waals surface area contributed by atoms with Gasteiger partial charge < -0.3 is 5.84 Å². The van der Waals surface area contributed by atoms with Gasteiger partial charge >= 0.3 is 0 Å². The Balaban J connectivity index is 2.30. The average Bonchev–Trinajstić information content (AvgIpc) is 3.03. The van der Waals surface area contributed by atoms with Gasteiger partial charge in [-0.1, -0.05) is 35.9 Å². The molecule has 3 aromatic rings. The number of hydrogen-bond acceptors (Lipinski definition) is 6. The highest BCUT2D eigenvalue weighted by Crippen LogP contribution is 2.27. The van der Waals surface area contributed by atoms with E-state index in [-0.39, 0.29) is 10.6 Å². The maximum Gasteiger partial charge on any atom is 0.268 e. The van der Waals surface area contributed by atoms with Crippen molar-refractivity contribution >= 4 is 32.3 Å². The lowest BCUT2D eigenvalue weighted by molar-refractivity contribution is 0.589. The Bertz CT molecular complexity index is 1180. The summed E-state index contributed by atoms with van der Waals surface area (Å²) >= 11 is 0. The summed E-state index contributed by atoms with van der Waals surface area (Å²) in [5.74, 6) is 5.36. The van der Waals surface area contributed by atoms with Crippen molar-refractivity contribution in [2.24, 2.45) is 10.9 Å². The van der Waals surface area contributed by atoms with E-state index in [0.717, 1.165) is 9.54 Å². The van der Waals surface area contributed by atoms with Gasteiger partial charge in [-0.05, 0) is 25.1 Å². The number of nitriles is 1. The van der Waals surface area contributed by atoms with Crippen molar-refractivity contribution in [2.75, 3.05) is 0 Å². The van der Waals surface area contributed by atoms with E-state index in [4.69, 9.17) is 16.5 Å². The number of nitrogens with zero attached hydrogens (tertiary/aromatic N) is 3. The van der Waals surface area contributed by atoms with Crippen LogP contribution in [-0.4, -0.2) is 23.8 Å². The number of nitrogens with one attached hydrogen (secondary N) is 1. The molecule has 0 fully saturated rings. The van der Waals surface area contributed by atoms with Gasteiger partial charge in [-0.3, -0.25) is 5.41 Å².